The molecule has 0 aliphatic carbocycles. The van der Waals surface area contributed by atoms with E-state index >= 15 is 0 Å². The Balaban J connectivity index is 0.000000180. The molecule has 1 fully saturated rings. The van der Waals surface area contributed by atoms with Crippen molar-refractivity contribution in [2.24, 2.45) is 0 Å². The summed E-state index contributed by atoms with van der Waals surface area (Å²) in [5.74, 6) is 0.167. The van der Waals surface area contributed by atoms with Gasteiger partial charge in [0.05, 0.1) is 11.9 Å². The number of hydrogen-bond acceptors (Lipinski definition) is 3. The van der Waals surface area contributed by atoms with Crippen molar-refractivity contribution >= 4 is 0 Å². The maximum absolute atomic E-state index is 8.67. The van der Waals surface area contributed by atoms with E-state index in [1.807, 2.05) is 0 Å². The van der Waals surface area contributed by atoms with E-state index in [9.17, 15) is 0 Å². The molecule has 1 atom stereocenters. The molecular formula is C7H15NO2. The smallest absolute Gasteiger partial charge is 0.0820 e. The lowest BCUT2D eigenvalue weighted by atomic mass is 10.3. The summed E-state index contributed by atoms with van der Waals surface area (Å²) in [6.07, 6.45) is 0.866. The third-order valence-corrected chi connectivity index (χ3v) is 1.03. The number of β-amino-alcohol motifs (C(OH)–C–C–N with tert-alkyl or cyclic N) is 1. The fourth-order valence-electron chi connectivity index (χ4n) is 0.639. The molecule has 0 aromatic carbocycles. The fraction of sp³-hybridized carbons (Fsp3) is 0.714. The Morgan fingerprint density at radius 2 is 2.20 bits per heavy atom. The minimum absolute atomic E-state index is 0.0648. The zero-order valence-electron chi connectivity index (χ0n) is 6.30. The molecule has 3 N–H and O–H groups in total. The van der Waals surface area contributed by atoms with Crippen molar-refractivity contribution in [3.63, 3.8) is 0 Å². The van der Waals surface area contributed by atoms with Crippen molar-refractivity contribution in [3.05, 3.63) is 12.3 Å². The van der Waals surface area contributed by atoms with Gasteiger partial charge >= 0.3 is 0 Å². The van der Waals surface area contributed by atoms with Gasteiger partial charge in [0.2, 0.25) is 0 Å². The van der Waals surface area contributed by atoms with Gasteiger partial charge in [-0.05, 0) is 19.9 Å². The quantitative estimate of drug-likeness (QED) is 0.433. The van der Waals surface area contributed by atoms with Crippen LogP contribution in [-0.4, -0.2) is 29.4 Å². The lowest BCUT2D eigenvalue weighted by Gasteiger charge is -1.90. The number of allylic oxidation sites excluding steroid dienone is 1. The van der Waals surface area contributed by atoms with Crippen LogP contribution in [0.3, 0.4) is 0 Å². The van der Waals surface area contributed by atoms with E-state index < -0.39 is 0 Å². The van der Waals surface area contributed by atoms with E-state index in [2.05, 4.69) is 11.9 Å². The zero-order valence-corrected chi connectivity index (χ0v) is 6.30. The Hall–Kier alpha value is -0.540. The molecule has 1 aliphatic heterocycles. The topological polar surface area (TPSA) is 52.5 Å². The van der Waals surface area contributed by atoms with Gasteiger partial charge in [-0.25, -0.2) is 0 Å². The molecule has 0 spiro atoms. The van der Waals surface area contributed by atoms with Gasteiger partial charge in [-0.2, -0.15) is 0 Å². The lowest BCUT2D eigenvalue weighted by molar-refractivity contribution is 0.196. The molecule has 0 amide bonds. The molecule has 3 heteroatoms. The molecule has 10 heavy (non-hydrogen) atoms. The van der Waals surface area contributed by atoms with Crippen LogP contribution in [0.4, 0.5) is 0 Å². The first kappa shape index (κ1) is 9.46. The maximum atomic E-state index is 8.67. The van der Waals surface area contributed by atoms with E-state index in [-0.39, 0.29) is 11.9 Å². The summed E-state index contributed by atoms with van der Waals surface area (Å²) >= 11 is 0. The summed E-state index contributed by atoms with van der Waals surface area (Å²) in [4.78, 5) is 0. The van der Waals surface area contributed by atoms with Gasteiger partial charge in [-0.15, -0.1) is 0 Å². The summed E-state index contributed by atoms with van der Waals surface area (Å²) < 4.78 is 0. The predicted octanol–water partition coefficient (Wildman–Crippen LogP) is 0.419. The van der Waals surface area contributed by atoms with E-state index in [0.717, 1.165) is 19.5 Å². The molecule has 0 aromatic heterocycles. The summed E-state index contributed by atoms with van der Waals surface area (Å²) in [6.45, 7) is 6.42. The van der Waals surface area contributed by atoms with Crippen LogP contribution in [0.25, 0.3) is 0 Å². The van der Waals surface area contributed by atoms with Crippen LogP contribution in [0.5, 0.6) is 0 Å². The molecule has 1 unspecified atom stereocenters. The molecule has 1 saturated heterocycles. The van der Waals surface area contributed by atoms with Crippen molar-refractivity contribution in [2.75, 3.05) is 13.1 Å². The van der Waals surface area contributed by atoms with Crippen molar-refractivity contribution in [1.29, 1.82) is 0 Å². The van der Waals surface area contributed by atoms with Gasteiger partial charge in [0.15, 0.2) is 0 Å². The van der Waals surface area contributed by atoms with Crippen LogP contribution in [0.15, 0.2) is 12.3 Å². The normalized spacial score (nSPS) is 23.2. The van der Waals surface area contributed by atoms with Gasteiger partial charge < -0.3 is 15.5 Å². The van der Waals surface area contributed by atoms with Gasteiger partial charge in [0, 0.05) is 6.54 Å². The molecule has 1 heterocycles. The first-order valence-electron chi connectivity index (χ1n) is 3.36. The fourth-order valence-corrected chi connectivity index (χ4v) is 0.639. The van der Waals surface area contributed by atoms with E-state index in [1.165, 1.54) is 6.92 Å². The molecule has 3 nitrogen and oxygen atoms in total. The second-order valence-corrected chi connectivity index (χ2v) is 2.38. The number of nitrogens with one attached hydrogen (secondary N) is 1. The summed E-state index contributed by atoms with van der Waals surface area (Å²) in [6, 6.07) is 0. The summed E-state index contributed by atoms with van der Waals surface area (Å²) in [5, 5.41) is 19.5. The first-order chi connectivity index (χ1) is 4.63. The summed E-state index contributed by atoms with van der Waals surface area (Å²) in [7, 11) is 0. The average Bonchev–Trinajstić information content (AvgIpc) is 2.15. The van der Waals surface area contributed by atoms with E-state index in [0.29, 0.717) is 0 Å². The highest BCUT2D eigenvalue weighted by atomic mass is 16.3. The molecular weight excluding hydrogens is 130 g/mol. The van der Waals surface area contributed by atoms with Crippen LogP contribution >= 0.6 is 0 Å². The highest BCUT2D eigenvalue weighted by molar-refractivity contribution is 4.67. The monoisotopic (exact) mass is 145 g/mol. The van der Waals surface area contributed by atoms with Gasteiger partial charge in [-0.1, -0.05) is 6.58 Å². The summed E-state index contributed by atoms with van der Waals surface area (Å²) in [5.41, 5.74) is 0. The van der Waals surface area contributed by atoms with Crippen LogP contribution in [0, 0.1) is 0 Å². The molecule has 60 valence electrons. The Morgan fingerprint density at radius 3 is 2.30 bits per heavy atom. The number of aliphatic hydroxyl groups excluding tert-OH is 2. The van der Waals surface area contributed by atoms with Gasteiger partial charge in [-0.3, -0.25) is 0 Å². The molecule has 0 saturated carbocycles. The number of hydrogen-bond donors (Lipinski definition) is 3. The van der Waals surface area contributed by atoms with Crippen LogP contribution in [0.1, 0.15) is 13.3 Å². The first-order valence-corrected chi connectivity index (χ1v) is 3.36. The van der Waals surface area contributed by atoms with Gasteiger partial charge in [0.1, 0.15) is 0 Å². The molecule has 0 radical (unpaired) electrons. The minimum Gasteiger partial charge on any atom is -0.513 e. The lowest BCUT2D eigenvalue weighted by Crippen LogP contribution is -2.11. The van der Waals surface area contributed by atoms with Crippen molar-refractivity contribution in [3.8, 4) is 0 Å². The minimum atomic E-state index is -0.0648. The second-order valence-electron chi connectivity index (χ2n) is 2.38. The Kier molecular flexibility index (Phi) is 4.98. The molecule has 1 aliphatic rings. The predicted molar refractivity (Wildman–Crippen MR) is 40.9 cm³/mol. The Labute approximate surface area is 61.4 Å². The maximum Gasteiger partial charge on any atom is 0.0820 e. The van der Waals surface area contributed by atoms with Crippen molar-refractivity contribution < 1.29 is 10.2 Å². The van der Waals surface area contributed by atoms with Crippen molar-refractivity contribution in [2.45, 2.75) is 19.4 Å². The number of rotatable bonds is 0. The third kappa shape index (κ3) is 7.46. The number of aliphatic hydroxyl groups is 2. The van der Waals surface area contributed by atoms with E-state index in [1.54, 1.807) is 0 Å². The highest BCUT2D eigenvalue weighted by Crippen LogP contribution is 1.93. The molecule has 0 bridgehead atoms. The standard InChI is InChI=1S/C4H9NO.C3H6O/c6-4-1-2-5-3-4;1-3(2)4/h4-6H,1-3H2;4H,1H2,2H3. The second kappa shape index (κ2) is 5.26. The average molecular weight is 145 g/mol. The zero-order chi connectivity index (χ0) is 7.98. The van der Waals surface area contributed by atoms with Crippen molar-refractivity contribution in [1.82, 2.24) is 5.32 Å². The molecule has 1 rings (SSSR count). The highest BCUT2D eigenvalue weighted by Gasteiger charge is 2.08. The Bertz CT molecular complexity index is 93.8. The molecule has 0 aromatic rings. The van der Waals surface area contributed by atoms with Crippen LogP contribution in [-0.2, 0) is 0 Å². The third-order valence-electron chi connectivity index (χ3n) is 1.03. The van der Waals surface area contributed by atoms with Crippen LogP contribution in [0.2, 0.25) is 0 Å². The largest absolute Gasteiger partial charge is 0.513 e. The SMILES string of the molecule is C=C(C)O.OC1CCNC1. The van der Waals surface area contributed by atoms with E-state index in [4.69, 9.17) is 10.2 Å². The Morgan fingerprint density at radius 1 is 1.70 bits per heavy atom. The van der Waals surface area contributed by atoms with Crippen LogP contribution < -0.4 is 5.32 Å². The van der Waals surface area contributed by atoms with Gasteiger partial charge in [0.25, 0.3) is 0 Å².